The van der Waals surface area contributed by atoms with Crippen molar-refractivity contribution in [3.63, 3.8) is 0 Å². The molecule has 1 fully saturated rings. The average Bonchev–Trinajstić information content (AvgIpc) is 3.40. The van der Waals surface area contributed by atoms with Crippen molar-refractivity contribution in [2.45, 2.75) is 65.6 Å². The zero-order chi connectivity index (χ0) is 21.8. The van der Waals surface area contributed by atoms with E-state index >= 15 is 0 Å². The molecule has 5 heteroatoms. The van der Waals surface area contributed by atoms with Crippen LogP contribution in [-0.2, 0) is 19.5 Å². The highest BCUT2D eigenvalue weighted by atomic mass is 16.5. The topological polar surface area (TPSA) is 51.4 Å². The van der Waals surface area contributed by atoms with Crippen molar-refractivity contribution in [2.24, 2.45) is 5.92 Å². The monoisotopic (exact) mass is 419 g/mol. The van der Waals surface area contributed by atoms with Crippen LogP contribution < -0.4 is 4.74 Å². The van der Waals surface area contributed by atoms with Crippen molar-refractivity contribution < 1.29 is 9.26 Å². The predicted octanol–water partition coefficient (Wildman–Crippen LogP) is 5.42. The third-order valence-corrected chi connectivity index (χ3v) is 6.81. The first-order valence-corrected chi connectivity index (χ1v) is 11.2. The minimum Gasteiger partial charge on any atom is -0.496 e. The highest BCUT2D eigenvalue weighted by molar-refractivity contribution is 5.43. The molecule has 0 saturated heterocycles. The maximum atomic E-state index is 5.56. The van der Waals surface area contributed by atoms with E-state index in [4.69, 9.17) is 9.26 Å². The van der Waals surface area contributed by atoms with Crippen molar-refractivity contribution in [3.8, 4) is 5.75 Å². The molecule has 0 radical (unpaired) electrons. The number of nitrogens with zero attached hydrogens (tertiary/aromatic N) is 3. The zero-order valence-corrected chi connectivity index (χ0v) is 19.1. The van der Waals surface area contributed by atoms with Crippen LogP contribution >= 0.6 is 0 Å². The first kappa shape index (κ1) is 21.6. The van der Waals surface area contributed by atoms with Gasteiger partial charge >= 0.3 is 0 Å². The molecular formula is C26H33N3O2. The quantitative estimate of drug-likeness (QED) is 0.488. The molecule has 0 amide bonds. The highest BCUT2D eigenvalue weighted by Gasteiger charge is 2.33. The van der Waals surface area contributed by atoms with Gasteiger partial charge in [0, 0.05) is 44.0 Å². The summed E-state index contributed by atoms with van der Waals surface area (Å²) in [6, 6.07) is 11.2. The van der Waals surface area contributed by atoms with Gasteiger partial charge in [-0.1, -0.05) is 17.6 Å². The number of ether oxygens (including phenoxy) is 1. The van der Waals surface area contributed by atoms with Crippen LogP contribution in [0.15, 0.2) is 47.2 Å². The Kier molecular flexibility index (Phi) is 6.71. The van der Waals surface area contributed by atoms with Crippen LogP contribution in [0.4, 0.5) is 0 Å². The molecule has 31 heavy (non-hydrogen) atoms. The average molecular weight is 420 g/mol. The number of pyridine rings is 1. The molecule has 2 heterocycles. The Balaban J connectivity index is 1.60. The van der Waals surface area contributed by atoms with E-state index in [-0.39, 0.29) is 0 Å². The maximum Gasteiger partial charge on any atom is 0.137 e. The lowest BCUT2D eigenvalue weighted by Gasteiger charge is -2.34. The second kappa shape index (κ2) is 9.65. The lowest BCUT2D eigenvalue weighted by atomic mass is 9.94. The van der Waals surface area contributed by atoms with Crippen LogP contribution in [0.1, 0.15) is 53.0 Å². The first-order chi connectivity index (χ1) is 15.0. The standard InChI is InChI=1S/C26H33N3O2/c1-18-14-24(31-28-18)15-22-6-5-7-25(22)29(16-21-10-12-27-13-11-21)17-23-8-9-26(30-4)20(3)19(23)2/h8-14,22,25H,5-7,15-17H2,1-4H3/t22-,25+/m1/s1. The van der Waals surface area contributed by atoms with Gasteiger partial charge in [-0.25, -0.2) is 0 Å². The summed E-state index contributed by atoms with van der Waals surface area (Å²) in [6.45, 7) is 8.19. The third-order valence-electron chi connectivity index (χ3n) is 6.81. The normalized spacial score (nSPS) is 18.6. The third kappa shape index (κ3) is 4.99. The van der Waals surface area contributed by atoms with Gasteiger partial charge in [0.25, 0.3) is 0 Å². The Morgan fingerprint density at radius 3 is 2.55 bits per heavy atom. The molecule has 2 atom stereocenters. The Bertz CT molecular complexity index is 999. The van der Waals surface area contributed by atoms with Gasteiger partial charge in [0.2, 0.25) is 0 Å². The van der Waals surface area contributed by atoms with Gasteiger partial charge in [0.1, 0.15) is 11.5 Å². The van der Waals surface area contributed by atoms with Crippen LogP contribution in [-0.4, -0.2) is 28.2 Å². The summed E-state index contributed by atoms with van der Waals surface area (Å²) in [6.07, 6.45) is 8.45. The highest BCUT2D eigenvalue weighted by Crippen LogP contribution is 2.35. The number of rotatable bonds is 8. The van der Waals surface area contributed by atoms with Crippen LogP contribution in [0.25, 0.3) is 0 Å². The molecule has 0 bridgehead atoms. The zero-order valence-electron chi connectivity index (χ0n) is 19.1. The largest absolute Gasteiger partial charge is 0.496 e. The Morgan fingerprint density at radius 2 is 1.84 bits per heavy atom. The number of hydrogen-bond acceptors (Lipinski definition) is 5. The molecule has 1 aliphatic carbocycles. The Hall–Kier alpha value is -2.66. The van der Waals surface area contributed by atoms with Gasteiger partial charge in [-0.05, 0) is 80.0 Å². The molecule has 0 aliphatic heterocycles. The number of benzene rings is 1. The van der Waals surface area contributed by atoms with Crippen LogP contribution in [0.3, 0.4) is 0 Å². The SMILES string of the molecule is COc1ccc(CN(Cc2ccncc2)[C@H]2CCC[C@@H]2Cc2cc(C)no2)c(C)c1C. The molecule has 5 nitrogen and oxygen atoms in total. The van der Waals surface area contributed by atoms with Gasteiger partial charge in [0.05, 0.1) is 12.8 Å². The number of aryl methyl sites for hydroxylation is 1. The van der Waals surface area contributed by atoms with Crippen molar-refractivity contribution >= 4 is 0 Å². The second-order valence-electron chi connectivity index (χ2n) is 8.83. The fourth-order valence-electron chi connectivity index (χ4n) is 4.98. The van der Waals surface area contributed by atoms with Crippen LogP contribution in [0, 0.1) is 26.7 Å². The molecular weight excluding hydrogens is 386 g/mol. The van der Waals surface area contributed by atoms with E-state index in [0.717, 1.165) is 36.7 Å². The molecule has 3 aromatic rings. The molecule has 1 saturated carbocycles. The van der Waals surface area contributed by atoms with Gasteiger partial charge in [0.15, 0.2) is 0 Å². The Morgan fingerprint density at radius 1 is 1.03 bits per heavy atom. The fraction of sp³-hybridized carbons (Fsp3) is 0.462. The van der Waals surface area contributed by atoms with E-state index in [1.54, 1.807) is 7.11 Å². The summed E-state index contributed by atoms with van der Waals surface area (Å²) >= 11 is 0. The van der Waals surface area contributed by atoms with Crippen molar-refractivity contribution in [1.29, 1.82) is 0 Å². The summed E-state index contributed by atoms with van der Waals surface area (Å²) in [5, 5.41) is 4.09. The molecule has 2 aromatic heterocycles. The predicted molar refractivity (Wildman–Crippen MR) is 122 cm³/mol. The minimum absolute atomic E-state index is 0.514. The second-order valence-corrected chi connectivity index (χ2v) is 8.83. The summed E-state index contributed by atoms with van der Waals surface area (Å²) in [5.41, 5.74) is 6.18. The molecule has 0 N–H and O–H groups in total. The number of aromatic nitrogens is 2. The van der Waals surface area contributed by atoms with Gasteiger partial charge in [-0.2, -0.15) is 0 Å². The molecule has 0 spiro atoms. The fourth-order valence-corrected chi connectivity index (χ4v) is 4.98. The van der Waals surface area contributed by atoms with Gasteiger partial charge in [-0.15, -0.1) is 0 Å². The summed E-state index contributed by atoms with van der Waals surface area (Å²) in [5.74, 6) is 2.55. The van der Waals surface area contributed by atoms with E-state index in [1.807, 2.05) is 19.3 Å². The summed E-state index contributed by atoms with van der Waals surface area (Å²) in [7, 11) is 1.74. The molecule has 4 rings (SSSR count). The Labute approximate surface area is 185 Å². The van der Waals surface area contributed by atoms with Crippen molar-refractivity contribution in [2.75, 3.05) is 7.11 Å². The number of methoxy groups -OCH3 is 1. The van der Waals surface area contributed by atoms with Crippen LogP contribution in [0.5, 0.6) is 5.75 Å². The molecule has 0 unspecified atom stereocenters. The summed E-state index contributed by atoms with van der Waals surface area (Å²) < 4.78 is 11.1. The number of hydrogen-bond donors (Lipinski definition) is 0. The molecule has 1 aliphatic rings. The summed E-state index contributed by atoms with van der Waals surface area (Å²) in [4.78, 5) is 6.86. The first-order valence-electron chi connectivity index (χ1n) is 11.2. The van der Waals surface area contributed by atoms with Crippen molar-refractivity contribution in [1.82, 2.24) is 15.0 Å². The van der Waals surface area contributed by atoms with E-state index < -0.39 is 0 Å². The van der Waals surface area contributed by atoms with Crippen molar-refractivity contribution in [3.05, 3.63) is 76.4 Å². The van der Waals surface area contributed by atoms with Gasteiger partial charge in [-0.3, -0.25) is 9.88 Å². The van der Waals surface area contributed by atoms with E-state index in [1.165, 1.54) is 41.5 Å². The van der Waals surface area contributed by atoms with E-state index in [9.17, 15) is 0 Å². The maximum absolute atomic E-state index is 5.56. The lowest BCUT2D eigenvalue weighted by molar-refractivity contribution is 0.138. The smallest absolute Gasteiger partial charge is 0.137 e. The van der Waals surface area contributed by atoms with Crippen LogP contribution in [0.2, 0.25) is 0 Å². The molecule has 1 aromatic carbocycles. The van der Waals surface area contributed by atoms with E-state index in [2.05, 4.69) is 59.2 Å². The minimum atomic E-state index is 0.514. The molecule has 164 valence electrons. The van der Waals surface area contributed by atoms with E-state index in [0.29, 0.717) is 12.0 Å². The van der Waals surface area contributed by atoms with Gasteiger partial charge < -0.3 is 9.26 Å². The lowest BCUT2D eigenvalue weighted by Crippen LogP contribution is -2.38.